The topological polar surface area (TPSA) is 68.8 Å². The number of amides is 1. The number of guanidine groups is 1. The Labute approximate surface area is 151 Å². The van der Waals surface area contributed by atoms with Crippen LogP contribution in [0.1, 0.15) is 39.5 Å². The van der Waals surface area contributed by atoms with Gasteiger partial charge in [0.05, 0.1) is 0 Å². The van der Waals surface area contributed by atoms with Gasteiger partial charge >= 0.3 is 0 Å². The van der Waals surface area contributed by atoms with Gasteiger partial charge in [0.15, 0.2) is 5.96 Å². The molecule has 1 heterocycles. The summed E-state index contributed by atoms with van der Waals surface area (Å²) in [7, 11) is 0. The first kappa shape index (κ1) is 21.4. The molecular formula is C15H32IN5O. The van der Waals surface area contributed by atoms with E-state index < -0.39 is 0 Å². The molecule has 0 bridgehead atoms. The van der Waals surface area contributed by atoms with E-state index in [4.69, 9.17) is 0 Å². The summed E-state index contributed by atoms with van der Waals surface area (Å²) in [4.78, 5) is 18.3. The molecule has 6 nitrogen and oxygen atoms in total. The lowest BCUT2D eigenvalue weighted by atomic mass is 10.1. The molecule has 0 saturated carbocycles. The number of nitrogens with one attached hydrogen (secondary N) is 3. The Hall–Kier alpha value is -0.570. The van der Waals surface area contributed by atoms with Gasteiger partial charge in [0.2, 0.25) is 5.91 Å². The zero-order chi connectivity index (χ0) is 15.3. The first-order valence-corrected chi connectivity index (χ1v) is 8.27. The van der Waals surface area contributed by atoms with E-state index in [1.807, 2.05) is 13.8 Å². The van der Waals surface area contributed by atoms with Crippen LogP contribution in [-0.2, 0) is 4.79 Å². The van der Waals surface area contributed by atoms with Crippen LogP contribution in [0.4, 0.5) is 0 Å². The number of carbonyl (C=O) groups excluding carboxylic acids is 1. The second-order valence-corrected chi connectivity index (χ2v) is 5.37. The molecule has 1 fully saturated rings. The van der Waals surface area contributed by atoms with Gasteiger partial charge in [-0.3, -0.25) is 4.79 Å². The van der Waals surface area contributed by atoms with Crippen LogP contribution in [0, 0.1) is 0 Å². The number of hydrogen-bond acceptors (Lipinski definition) is 3. The van der Waals surface area contributed by atoms with Gasteiger partial charge in [-0.15, -0.1) is 24.0 Å². The van der Waals surface area contributed by atoms with Gasteiger partial charge < -0.3 is 20.9 Å². The molecule has 0 aromatic rings. The first-order valence-electron chi connectivity index (χ1n) is 8.27. The van der Waals surface area contributed by atoms with Gasteiger partial charge in [0.1, 0.15) is 6.54 Å². The molecule has 0 aromatic carbocycles. The summed E-state index contributed by atoms with van der Waals surface area (Å²) in [6.07, 6.45) is 4.93. The fraction of sp³-hybridized carbons (Fsp3) is 0.867. The number of carbonyl (C=O) groups is 1. The molecule has 1 rings (SSSR count). The lowest BCUT2D eigenvalue weighted by Gasteiger charge is -2.26. The molecule has 0 aromatic heterocycles. The summed E-state index contributed by atoms with van der Waals surface area (Å²) in [5, 5.41) is 9.30. The summed E-state index contributed by atoms with van der Waals surface area (Å²) in [5.41, 5.74) is 0. The largest absolute Gasteiger partial charge is 0.357 e. The molecule has 1 amide bonds. The first-order chi connectivity index (χ1) is 10.3. The summed E-state index contributed by atoms with van der Waals surface area (Å²) in [6, 6.07) is 0. The molecule has 0 atom stereocenters. The van der Waals surface area contributed by atoms with Gasteiger partial charge in [0.25, 0.3) is 0 Å². The highest BCUT2D eigenvalue weighted by Gasteiger charge is 2.09. The van der Waals surface area contributed by atoms with E-state index in [1.54, 1.807) is 0 Å². The standard InChI is InChI=1S/C15H31N5O.HI/c1-3-8-17-14(21)13-19-15(16-4-2)18-9-12-20-10-6-5-7-11-20;/h3-13H2,1-2H3,(H,17,21)(H2,16,18,19);1H. The van der Waals surface area contributed by atoms with Crippen molar-refractivity contribution in [2.75, 3.05) is 45.8 Å². The highest BCUT2D eigenvalue weighted by molar-refractivity contribution is 14.0. The van der Waals surface area contributed by atoms with E-state index in [-0.39, 0.29) is 36.4 Å². The van der Waals surface area contributed by atoms with Crippen molar-refractivity contribution >= 4 is 35.8 Å². The zero-order valence-corrected chi connectivity index (χ0v) is 16.3. The number of piperidine rings is 1. The van der Waals surface area contributed by atoms with Gasteiger partial charge in [-0.25, -0.2) is 4.99 Å². The maximum absolute atomic E-state index is 11.5. The summed E-state index contributed by atoms with van der Waals surface area (Å²) < 4.78 is 0. The average molecular weight is 425 g/mol. The van der Waals surface area contributed by atoms with E-state index in [0.29, 0.717) is 6.54 Å². The van der Waals surface area contributed by atoms with E-state index in [2.05, 4.69) is 25.8 Å². The molecule has 1 saturated heterocycles. The van der Waals surface area contributed by atoms with Crippen molar-refractivity contribution in [1.82, 2.24) is 20.9 Å². The lowest BCUT2D eigenvalue weighted by molar-refractivity contribution is -0.119. The fourth-order valence-corrected chi connectivity index (χ4v) is 2.33. The van der Waals surface area contributed by atoms with Crippen LogP contribution >= 0.6 is 24.0 Å². The Balaban J connectivity index is 0.00000441. The molecule has 130 valence electrons. The molecule has 22 heavy (non-hydrogen) atoms. The lowest BCUT2D eigenvalue weighted by Crippen LogP contribution is -2.43. The molecule has 0 radical (unpaired) electrons. The summed E-state index contributed by atoms with van der Waals surface area (Å²) >= 11 is 0. The van der Waals surface area contributed by atoms with Crippen LogP contribution in [0.2, 0.25) is 0 Å². The van der Waals surface area contributed by atoms with Gasteiger partial charge in [-0.2, -0.15) is 0 Å². The quantitative estimate of drug-likeness (QED) is 0.310. The van der Waals surface area contributed by atoms with Crippen LogP contribution in [0.15, 0.2) is 4.99 Å². The predicted octanol–water partition coefficient (Wildman–Crippen LogP) is 1.17. The van der Waals surface area contributed by atoms with Crippen molar-refractivity contribution in [2.45, 2.75) is 39.5 Å². The third-order valence-electron chi connectivity index (χ3n) is 3.47. The van der Waals surface area contributed by atoms with Crippen molar-refractivity contribution in [2.24, 2.45) is 4.99 Å². The van der Waals surface area contributed by atoms with E-state index >= 15 is 0 Å². The summed E-state index contributed by atoms with van der Waals surface area (Å²) in [6.45, 7) is 10.1. The minimum atomic E-state index is -0.0231. The van der Waals surface area contributed by atoms with Gasteiger partial charge in [-0.05, 0) is 39.3 Å². The Morgan fingerprint density at radius 1 is 1.05 bits per heavy atom. The number of halogens is 1. The molecule has 0 unspecified atom stereocenters. The molecule has 7 heteroatoms. The third-order valence-corrected chi connectivity index (χ3v) is 3.47. The second-order valence-electron chi connectivity index (χ2n) is 5.37. The monoisotopic (exact) mass is 425 g/mol. The average Bonchev–Trinajstić information content (AvgIpc) is 2.51. The highest BCUT2D eigenvalue weighted by atomic mass is 127. The molecular weight excluding hydrogens is 393 g/mol. The molecule has 0 spiro atoms. The van der Waals surface area contributed by atoms with Gasteiger partial charge in [-0.1, -0.05) is 13.3 Å². The minimum Gasteiger partial charge on any atom is -0.357 e. The van der Waals surface area contributed by atoms with Gasteiger partial charge in [0, 0.05) is 26.2 Å². The van der Waals surface area contributed by atoms with E-state index in [0.717, 1.165) is 32.0 Å². The number of rotatable bonds is 8. The molecule has 3 N–H and O–H groups in total. The van der Waals surface area contributed by atoms with Crippen LogP contribution in [0.25, 0.3) is 0 Å². The molecule has 1 aliphatic rings. The van der Waals surface area contributed by atoms with Crippen molar-refractivity contribution in [3.8, 4) is 0 Å². The predicted molar refractivity (Wildman–Crippen MR) is 103 cm³/mol. The highest BCUT2D eigenvalue weighted by Crippen LogP contribution is 2.07. The number of hydrogen-bond donors (Lipinski definition) is 3. The normalized spacial score (nSPS) is 15.8. The maximum Gasteiger partial charge on any atom is 0.241 e. The van der Waals surface area contributed by atoms with Crippen LogP contribution in [-0.4, -0.2) is 62.6 Å². The van der Waals surface area contributed by atoms with E-state index in [1.165, 1.54) is 32.4 Å². The number of likely N-dealkylation sites (tertiary alicyclic amines) is 1. The van der Waals surface area contributed by atoms with Crippen LogP contribution < -0.4 is 16.0 Å². The van der Waals surface area contributed by atoms with Crippen molar-refractivity contribution < 1.29 is 4.79 Å². The molecule has 1 aliphatic heterocycles. The Kier molecular flexibility index (Phi) is 13.7. The SMILES string of the molecule is CCCNC(=O)CN=C(NCC)NCCN1CCCCC1.I. The molecule has 0 aliphatic carbocycles. The maximum atomic E-state index is 11.5. The Bertz CT molecular complexity index is 319. The van der Waals surface area contributed by atoms with Crippen molar-refractivity contribution in [3.05, 3.63) is 0 Å². The Morgan fingerprint density at radius 2 is 1.77 bits per heavy atom. The Morgan fingerprint density at radius 3 is 2.41 bits per heavy atom. The van der Waals surface area contributed by atoms with Crippen LogP contribution in [0.3, 0.4) is 0 Å². The van der Waals surface area contributed by atoms with Crippen molar-refractivity contribution in [1.29, 1.82) is 0 Å². The smallest absolute Gasteiger partial charge is 0.241 e. The van der Waals surface area contributed by atoms with Crippen LogP contribution in [0.5, 0.6) is 0 Å². The fourth-order valence-electron chi connectivity index (χ4n) is 2.33. The number of nitrogens with zero attached hydrogens (tertiary/aromatic N) is 2. The third kappa shape index (κ3) is 10.2. The minimum absolute atomic E-state index is 0. The van der Waals surface area contributed by atoms with E-state index in [9.17, 15) is 4.79 Å². The second kappa shape index (κ2) is 14.0. The number of aliphatic imine (C=N–C) groups is 1. The summed E-state index contributed by atoms with van der Waals surface area (Å²) in [5.74, 6) is 0.700. The van der Waals surface area contributed by atoms with Crippen molar-refractivity contribution in [3.63, 3.8) is 0 Å². The zero-order valence-electron chi connectivity index (χ0n) is 14.0.